The third-order valence-corrected chi connectivity index (χ3v) is 3.33. The molecule has 114 valence electrons. The summed E-state index contributed by atoms with van der Waals surface area (Å²) in [5.41, 5.74) is 1.66. The SMILES string of the molecule is Cc1ccccc1-c1nc(CC(=O)NC(C)(C)C#N)c(C)o1. The van der Waals surface area contributed by atoms with E-state index in [1.807, 2.05) is 37.3 Å². The van der Waals surface area contributed by atoms with Gasteiger partial charge in [-0.2, -0.15) is 5.26 Å². The van der Waals surface area contributed by atoms with Gasteiger partial charge in [0.2, 0.25) is 11.8 Å². The van der Waals surface area contributed by atoms with Crippen molar-refractivity contribution in [3.05, 3.63) is 41.3 Å². The topological polar surface area (TPSA) is 78.9 Å². The Morgan fingerprint density at radius 3 is 2.68 bits per heavy atom. The Bertz CT molecular complexity index is 739. The van der Waals surface area contributed by atoms with Gasteiger partial charge in [0.15, 0.2) is 0 Å². The summed E-state index contributed by atoms with van der Waals surface area (Å²) in [7, 11) is 0. The monoisotopic (exact) mass is 297 g/mol. The van der Waals surface area contributed by atoms with Crippen LogP contribution in [-0.2, 0) is 11.2 Å². The maximum absolute atomic E-state index is 12.0. The number of aryl methyl sites for hydroxylation is 2. The highest BCUT2D eigenvalue weighted by atomic mass is 16.4. The van der Waals surface area contributed by atoms with Crippen LogP contribution >= 0.6 is 0 Å². The van der Waals surface area contributed by atoms with Gasteiger partial charge in [-0.05, 0) is 39.3 Å². The number of hydrogen-bond acceptors (Lipinski definition) is 4. The number of nitrogens with one attached hydrogen (secondary N) is 1. The number of carbonyl (C=O) groups is 1. The van der Waals surface area contributed by atoms with Crippen LogP contribution in [0, 0.1) is 25.2 Å². The Morgan fingerprint density at radius 1 is 1.36 bits per heavy atom. The summed E-state index contributed by atoms with van der Waals surface area (Å²) in [5, 5.41) is 11.6. The lowest BCUT2D eigenvalue weighted by Gasteiger charge is -2.16. The maximum atomic E-state index is 12.0. The zero-order chi connectivity index (χ0) is 16.3. The number of nitrogens with zero attached hydrogens (tertiary/aromatic N) is 2. The summed E-state index contributed by atoms with van der Waals surface area (Å²) in [5.74, 6) is 0.875. The van der Waals surface area contributed by atoms with E-state index in [2.05, 4.69) is 10.3 Å². The van der Waals surface area contributed by atoms with Crippen LogP contribution in [0.2, 0.25) is 0 Å². The molecule has 0 saturated heterocycles. The molecule has 22 heavy (non-hydrogen) atoms. The van der Waals surface area contributed by atoms with Crippen molar-refractivity contribution in [1.82, 2.24) is 10.3 Å². The van der Waals surface area contributed by atoms with Crippen molar-refractivity contribution in [2.24, 2.45) is 0 Å². The quantitative estimate of drug-likeness (QED) is 0.941. The molecular weight excluding hydrogens is 278 g/mol. The molecule has 0 spiro atoms. The highest BCUT2D eigenvalue weighted by Crippen LogP contribution is 2.24. The molecule has 5 nitrogen and oxygen atoms in total. The molecule has 0 fully saturated rings. The summed E-state index contributed by atoms with van der Waals surface area (Å²) in [6.45, 7) is 7.07. The van der Waals surface area contributed by atoms with Gasteiger partial charge in [0.1, 0.15) is 11.3 Å². The lowest BCUT2D eigenvalue weighted by Crippen LogP contribution is -2.42. The van der Waals surface area contributed by atoms with E-state index in [9.17, 15) is 4.79 Å². The lowest BCUT2D eigenvalue weighted by atomic mass is 10.1. The minimum Gasteiger partial charge on any atom is -0.441 e. The van der Waals surface area contributed by atoms with Crippen LogP contribution in [0.25, 0.3) is 11.5 Å². The second-order valence-corrected chi connectivity index (χ2v) is 5.80. The molecule has 0 aliphatic carbocycles. The van der Waals surface area contributed by atoms with E-state index in [0.29, 0.717) is 17.3 Å². The Hall–Kier alpha value is -2.61. The van der Waals surface area contributed by atoms with E-state index >= 15 is 0 Å². The molecule has 0 aliphatic heterocycles. The fourth-order valence-corrected chi connectivity index (χ4v) is 2.09. The van der Waals surface area contributed by atoms with Crippen molar-refractivity contribution in [1.29, 1.82) is 5.26 Å². The van der Waals surface area contributed by atoms with E-state index < -0.39 is 5.54 Å². The van der Waals surface area contributed by atoms with E-state index in [4.69, 9.17) is 9.68 Å². The molecule has 0 radical (unpaired) electrons. The summed E-state index contributed by atoms with van der Waals surface area (Å²) in [6, 6.07) is 9.82. The number of aromatic nitrogens is 1. The van der Waals surface area contributed by atoms with Gasteiger partial charge >= 0.3 is 0 Å². The van der Waals surface area contributed by atoms with Gasteiger partial charge in [0.05, 0.1) is 18.2 Å². The van der Waals surface area contributed by atoms with Crippen LogP contribution in [-0.4, -0.2) is 16.4 Å². The molecule has 1 amide bonds. The molecule has 0 atom stereocenters. The Morgan fingerprint density at radius 2 is 2.05 bits per heavy atom. The van der Waals surface area contributed by atoms with Crippen LogP contribution in [0.5, 0.6) is 0 Å². The van der Waals surface area contributed by atoms with Crippen LogP contribution in [0.15, 0.2) is 28.7 Å². The van der Waals surface area contributed by atoms with E-state index in [-0.39, 0.29) is 12.3 Å². The molecule has 5 heteroatoms. The number of benzene rings is 1. The molecule has 0 aliphatic rings. The first-order valence-corrected chi connectivity index (χ1v) is 7.07. The Balaban J connectivity index is 2.20. The smallest absolute Gasteiger partial charge is 0.227 e. The first-order valence-electron chi connectivity index (χ1n) is 7.07. The second-order valence-electron chi connectivity index (χ2n) is 5.80. The van der Waals surface area contributed by atoms with Crippen molar-refractivity contribution < 1.29 is 9.21 Å². The van der Waals surface area contributed by atoms with Crippen molar-refractivity contribution in [2.75, 3.05) is 0 Å². The van der Waals surface area contributed by atoms with Crippen LogP contribution in [0.1, 0.15) is 30.9 Å². The fourth-order valence-electron chi connectivity index (χ4n) is 2.09. The normalized spacial score (nSPS) is 11.0. The number of amides is 1. The largest absolute Gasteiger partial charge is 0.441 e. The summed E-state index contributed by atoms with van der Waals surface area (Å²) >= 11 is 0. The van der Waals surface area contributed by atoms with E-state index in [1.54, 1.807) is 20.8 Å². The molecular formula is C17H19N3O2. The molecule has 0 saturated carbocycles. The van der Waals surface area contributed by atoms with Gasteiger partial charge in [-0.25, -0.2) is 4.98 Å². The minimum atomic E-state index is -0.895. The minimum absolute atomic E-state index is 0.0896. The molecule has 1 aromatic heterocycles. The highest BCUT2D eigenvalue weighted by molar-refractivity contribution is 5.79. The first kappa shape index (κ1) is 15.8. The second kappa shape index (κ2) is 6.02. The molecule has 1 N–H and O–H groups in total. The van der Waals surface area contributed by atoms with Crippen LogP contribution in [0.3, 0.4) is 0 Å². The standard InChI is InChI=1S/C17H19N3O2/c1-11-7-5-6-8-13(11)16-19-14(12(2)22-16)9-15(21)20-17(3,4)10-18/h5-8H,9H2,1-4H3,(H,20,21). The zero-order valence-electron chi connectivity index (χ0n) is 13.2. The average Bonchev–Trinajstić information content (AvgIpc) is 2.79. The Kier molecular flexibility index (Phi) is 4.32. The molecule has 2 rings (SSSR count). The molecule has 0 unspecified atom stereocenters. The molecule has 1 heterocycles. The summed E-state index contributed by atoms with van der Waals surface area (Å²) < 4.78 is 5.68. The van der Waals surface area contributed by atoms with Gasteiger partial charge in [0.25, 0.3) is 0 Å². The third-order valence-electron chi connectivity index (χ3n) is 3.33. The van der Waals surface area contributed by atoms with E-state index in [0.717, 1.165) is 11.1 Å². The fraction of sp³-hybridized carbons (Fsp3) is 0.353. The number of carbonyl (C=O) groups excluding carboxylic acids is 1. The number of nitriles is 1. The van der Waals surface area contributed by atoms with Gasteiger partial charge in [-0.1, -0.05) is 18.2 Å². The van der Waals surface area contributed by atoms with Crippen LogP contribution < -0.4 is 5.32 Å². The zero-order valence-corrected chi connectivity index (χ0v) is 13.2. The van der Waals surface area contributed by atoms with Gasteiger partial charge in [-0.3, -0.25) is 4.79 Å². The average molecular weight is 297 g/mol. The predicted octanol–water partition coefficient (Wildman–Crippen LogP) is 2.92. The van der Waals surface area contributed by atoms with Crippen molar-refractivity contribution in [3.8, 4) is 17.5 Å². The number of hydrogen-bond donors (Lipinski definition) is 1. The molecule has 0 bridgehead atoms. The molecule has 1 aromatic carbocycles. The lowest BCUT2D eigenvalue weighted by molar-refractivity contribution is -0.121. The van der Waals surface area contributed by atoms with Crippen LogP contribution in [0.4, 0.5) is 0 Å². The van der Waals surface area contributed by atoms with Gasteiger partial charge < -0.3 is 9.73 Å². The van der Waals surface area contributed by atoms with Gasteiger partial charge in [-0.15, -0.1) is 0 Å². The summed E-state index contributed by atoms with van der Waals surface area (Å²) in [4.78, 5) is 16.4. The predicted molar refractivity (Wildman–Crippen MR) is 83.0 cm³/mol. The van der Waals surface area contributed by atoms with Gasteiger partial charge in [0, 0.05) is 5.56 Å². The van der Waals surface area contributed by atoms with E-state index in [1.165, 1.54) is 0 Å². The summed E-state index contributed by atoms with van der Waals surface area (Å²) in [6.07, 6.45) is 0.0896. The highest BCUT2D eigenvalue weighted by Gasteiger charge is 2.21. The third kappa shape index (κ3) is 3.53. The number of rotatable bonds is 4. The maximum Gasteiger partial charge on any atom is 0.227 e. The number of oxazole rings is 1. The molecule has 2 aromatic rings. The Labute approximate surface area is 130 Å². The van der Waals surface area contributed by atoms with Crippen molar-refractivity contribution in [2.45, 2.75) is 39.7 Å². The first-order chi connectivity index (χ1) is 10.3. The van der Waals surface area contributed by atoms with Crippen molar-refractivity contribution >= 4 is 5.91 Å². The van der Waals surface area contributed by atoms with Crippen molar-refractivity contribution in [3.63, 3.8) is 0 Å².